The number of hydrazine groups is 1. The van der Waals surface area contributed by atoms with Gasteiger partial charge in [0.1, 0.15) is 0 Å². The summed E-state index contributed by atoms with van der Waals surface area (Å²) < 4.78 is 0. The molecule has 0 radical (unpaired) electrons. The highest BCUT2D eigenvalue weighted by atomic mass is 32.1. The number of aromatic nitrogens is 2. The minimum absolute atomic E-state index is 0.0633. The minimum Gasteiger partial charge on any atom is -0.271 e. The van der Waals surface area contributed by atoms with Crippen molar-refractivity contribution in [1.82, 2.24) is 15.4 Å². The van der Waals surface area contributed by atoms with Gasteiger partial charge in [0.25, 0.3) is 0 Å². The molecule has 5 heteroatoms. The molecule has 0 aliphatic rings. The van der Waals surface area contributed by atoms with E-state index < -0.39 is 0 Å². The molecule has 0 saturated carbocycles. The first-order valence-corrected chi connectivity index (χ1v) is 6.93. The third-order valence-corrected chi connectivity index (χ3v) is 3.95. The molecule has 1 aromatic carbocycles. The Morgan fingerprint density at radius 2 is 2.21 bits per heavy atom. The van der Waals surface area contributed by atoms with E-state index >= 15 is 0 Å². The van der Waals surface area contributed by atoms with E-state index in [0.717, 1.165) is 17.3 Å². The van der Waals surface area contributed by atoms with E-state index in [9.17, 15) is 0 Å². The Morgan fingerprint density at radius 1 is 1.26 bits per heavy atom. The second-order valence-electron chi connectivity index (χ2n) is 4.31. The Bertz CT molecular complexity index is 661. The summed E-state index contributed by atoms with van der Waals surface area (Å²) in [4.78, 5) is 9.69. The van der Waals surface area contributed by atoms with Gasteiger partial charge in [-0.2, -0.15) is 0 Å². The number of nitrogens with one attached hydrogen (secondary N) is 1. The summed E-state index contributed by atoms with van der Waals surface area (Å²) in [5.41, 5.74) is 6.90. The second-order valence-corrected chi connectivity index (χ2v) is 5.28. The predicted molar refractivity (Wildman–Crippen MR) is 77.6 cm³/mol. The first-order valence-electron chi connectivity index (χ1n) is 6.05. The van der Waals surface area contributed by atoms with Crippen LogP contribution in [0.2, 0.25) is 0 Å². The Labute approximate surface area is 115 Å². The lowest BCUT2D eigenvalue weighted by Gasteiger charge is -2.17. The standard InChI is InChI=1S/C14H14N4S/c15-18-14(7-10-8-16-9-19-10)12-3-1-5-13-11(12)4-2-6-17-13/h1-6,8-9,14,18H,7,15H2. The monoisotopic (exact) mass is 270 g/mol. The zero-order valence-electron chi connectivity index (χ0n) is 10.3. The zero-order valence-corrected chi connectivity index (χ0v) is 11.1. The molecule has 3 N–H and O–H groups in total. The summed E-state index contributed by atoms with van der Waals surface area (Å²) in [6.45, 7) is 0. The quantitative estimate of drug-likeness (QED) is 0.564. The van der Waals surface area contributed by atoms with Crippen LogP contribution in [0.3, 0.4) is 0 Å². The average molecular weight is 270 g/mol. The van der Waals surface area contributed by atoms with Crippen molar-refractivity contribution in [3.8, 4) is 0 Å². The molecule has 0 amide bonds. The first kappa shape index (κ1) is 12.2. The molecule has 0 saturated heterocycles. The van der Waals surface area contributed by atoms with Crippen molar-refractivity contribution < 1.29 is 0 Å². The molecule has 19 heavy (non-hydrogen) atoms. The minimum atomic E-state index is 0.0633. The van der Waals surface area contributed by atoms with Gasteiger partial charge in [0.15, 0.2) is 0 Å². The number of benzene rings is 1. The highest BCUT2D eigenvalue weighted by Crippen LogP contribution is 2.26. The molecule has 3 aromatic rings. The van der Waals surface area contributed by atoms with Gasteiger partial charge in [-0.3, -0.25) is 21.2 Å². The molecule has 3 rings (SSSR count). The van der Waals surface area contributed by atoms with Crippen LogP contribution in [0.25, 0.3) is 10.9 Å². The molecule has 1 unspecified atom stereocenters. The molecule has 2 aromatic heterocycles. The molecular formula is C14H14N4S. The lowest BCUT2D eigenvalue weighted by Crippen LogP contribution is -2.29. The van der Waals surface area contributed by atoms with Crippen LogP contribution in [-0.4, -0.2) is 9.97 Å². The number of rotatable bonds is 4. The van der Waals surface area contributed by atoms with Gasteiger partial charge in [0, 0.05) is 29.1 Å². The number of nitrogens with two attached hydrogens (primary N) is 1. The van der Waals surface area contributed by atoms with Crippen molar-refractivity contribution in [2.45, 2.75) is 12.5 Å². The molecule has 2 heterocycles. The van der Waals surface area contributed by atoms with Crippen molar-refractivity contribution >= 4 is 22.2 Å². The van der Waals surface area contributed by atoms with Gasteiger partial charge >= 0.3 is 0 Å². The van der Waals surface area contributed by atoms with E-state index in [0.29, 0.717) is 0 Å². The molecule has 0 fully saturated rings. The summed E-state index contributed by atoms with van der Waals surface area (Å²) in [5.74, 6) is 5.73. The lowest BCUT2D eigenvalue weighted by molar-refractivity contribution is 0.559. The van der Waals surface area contributed by atoms with Crippen LogP contribution in [0.15, 0.2) is 48.2 Å². The van der Waals surface area contributed by atoms with Crippen LogP contribution in [0.4, 0.5) is 0 Å². The van der Waals surface area contributed by atoms with Crippen molar-refractivity contribution in [1.29, 1.82) is 0 Å². The van der Waals surface area contributed by atoms with Gasteiger partial charge in [0.2, 0.25) is 0 Å². The zero-order chi connectivity index (χ0) is 13.1. The number of hydrogen-bond donors (Lipinski definition) is 2. The number of nitrogens with zero attached hydrogens (tertiary/aromatic N) is 2. The summed E-state index contributed by atoms with van der Waals surface area (Å²) in [5, 5.41) is 1.14. The topological polar surface area (TPSA) is 63.8 Å². The highest BCUT2D eigenvalue weighted by Gasteiger charge is 2.14. The van der Waals surface area contributed by atoms with E-state index in [1.165, 1.54) is 10.4 Å². The van der Waals surface area contributed by atoms with Crippen LogP contribution in [0.1, 0.15) is 16.5 Å². The molecule has 0 aliphatic carbocycles. The van der Waals surface area contributed by atoms with Crippen molar-refractivity contribution in [2.75, 3.05) is 0 Å². The third-order valence-electron chi connectivity index (χ3n) is 3.14. The Kier molecular flexibility index (Phi) is 3.50. The first-order chi connectivity index (χ1) is 9.38. The Morgan fingerprint density at radius 3 is 3.00 bits per heavy atom. The maximum Gasteiger partial charge on any atom is 0.0794 e. The Hall–Kier alpha value is -1.82. The third kappa shape index (κ3) is 2.49. The number of thiazole rings is 1. The van der Waals surface area contributed by atoms with Gasteiger partial charge in [-0.25, -0.2) is 0 Å². The molecule has 4 nitrogen and oxygen atoms in total. The molecule has 1 atom stereocenters. The van der Waals surface area contributed by atoms with Crippen LogP contribution in [0.5, 0.6) is 0 Å². The maximum atomic E-state index is 5.73. The normalized spacial score (nSPS) is 12.7. The number of fused-ring (bicyclic) bond motifs is 1. The van der Waals surface area contributed by atoms with Crippen LogP contribution >= 0.6 is 11.3 Å². The van der Waals surface area contributed by atoms with E-state index in [4.69, 9.17) is 5.84 Å². The molecular weight excluding hydrogens is 256 g/mol. The summed E-state index contributed by atoms with van der Waals surface area (Å²) in [7, 11) is 0. The molecule has 0 spiro atoms. The predicted octanol–water partition coefficient (Wildman–Crippen LogP) is 2.44. The highest BCUT2D eigenvalue weighted by molar-refractivity contribution is 7.09. The summed E-state index contributed by atoms with van der Waals surface area (Å²) >= 11 is 1.64. The Balaban J connectivity index is 2.01. The van der Waals surface area contributed by atoms with Gasteiger partial charge in [-0.1, -0.05) is 18.2 Å². The van der Waals surface area contributed by atoms with Gasteiger partial charge < -0.3 is 0 Å². The summed E-state index contributed by atoms with van der Waals surface area (Å²) in [6, 6.07) is 10.2. The number of hydrogen-bond acceptors (Lipinski definition) is 5. The van der Waals surface area contributed by atoms with Gasteiger partial charge in [0.05, 0.1) is 17.1 Å². The van der Waals surface area contributed by atoms with Crippen LogP contribution < -0.4 is 11.3 Å². The fraction of sp³-hybridized carbons (Fsp3) is 0.143. The summed E-state index contributed by atoms with van der Waals surface area (Å²) in [6.07, 6.45) is 4.52. The SMILES string of the molecule is NNC(Cc1cncs1)c1cccc2ncccc12. The smallest absolute Gasteiger partial charge is 0.0794 e. The van der Waals surface area contributed by atoms with Crippen LogP contribution in [0, 0.1) is 0 Å². The van der Waals surface area contributed by atoms with E-state index in [2.05, 4.69) is 27.5 Å². The second kappa shape index (κ2) is 5.44. The average Bonchev–Trinajstić information content (AvgIpc) is 2.97. The van der Waals surface area contributed by atoms with E-state index in [1.807, 2.05) is 29.9 Å². The maximum absolute atomic E-state index is 5.73. The lowest BCUT2D eigenvalue weighted by atomic mass is 9.99. The van der Waals surface area contributed by atoms with Crippen molar-refractivity contribution in [3.63, 3.8) is 0 Å². The van der Waals surface area contributed by atoms with Crippen molar-refractivity contribution in [2.24, 2.45) is 5.84 Å². The van der Waals surface area contributed by atoms with Gasteiger partial charge in [-0.05, 0) is 17.7 Å². The fourth-order valence-electron chi connectivity index (χ4n) is 2.23. The van der Waals surface area contributed by atoms with E-state index in [-0.39, 0.29) is 6.04 Å². The van der Waals surface area contributed by atoms with E-state index in [1.54, 1.807) is 17.5 Å². The molecule has 0 bridgehead atoms. The largest absolute Gasteiger partial charge is 0.271 e. The molecule has 96 valence electrons. The number of pyridine rings is 1. The molecule has 0 aliphatic heterocycles. The van der Waals surface area contributed by atoms with Gasteiger partial charge in [-0.15, -0.1) is 11.3 Å². The van der Waals surface area contributed by atoms with Crippen LogP contribution in [-0.2, 0) is 6.42 Å². The fourth-order valence-corrected chi connectivity index (χ4v) is 2.88. The van der Waals surface area contributed by atoms with Crippen molar-refractivity contribution in [3.05, 3.63) is 58.7 Å².